The normalized spacial score (nSPS) is 16.9. The zero-order valence-electron chi connectivity index (χ0n) is 13.6. The standard InChI is InChI=1S/C20H22N2O2/c21-20(24)17-8-4-7-16(19(17)15-11-12-22-13-15)18(23)10-9-14-5-2-1-3-6-14/h1-8,15,22H,9-13H2,(H2,21,24). The van der Waals surface area contributed by atoms with Crippen molar-refractivity contribution >= 4 is 11.7 Å². The summed E-state index contributed by atoms with van der Waals surface area (Å²) in [6, 6.07) is 15.3. The van der Waals surface area contributed by atoms with Gasteiger partial charge in [0.15, 0.2) is 5.78 Å². The lowest BCUT2D eigenvalue weighted by atomic mass is 9.86. The Labute approximate surface area is 142 Å². The summed E-state index contributed by atoms with van der Waals surface area (Å²) < 4.78 is 0. The number of nitrogens with one attached hydrogen (secondary N) is 1. The number of nitrogens with two attached hydrogens (primary N) is 1. The van der Waals surface area contributed by atoms with Gasteiger partial charge in [-0.15, -0.1) is 0 Å². The van der Waals surface area contributed by atoms with Gasteiger partial charge >= 0.3 is 0 Å². The van der Waals surface area contributed by atoms with Crippen LogP contribution in [0.15, 0.2) is 48.5 Å². The molecule has 0 aromatic heterocycles. The topological polar surface area (TPSA) is 72.2 Å². The molecule has 3 N–H and O–H groups in total. The monoisotopic (exact) mass is 322 g/mol. The van der Waals surface area contributed by atoms with Gasteiger partial charge in [-0.1, -0.05) is 42.5 Å². The van der Waals surface area contributed by atoms with E-state index in [1.54, 1.807) is 12.1 Å². The summed E-state index contributed by atoms with van der Waals surface area (Å²) in [6.45, 7) is 1.68. The van der Waals surface area contributed by atoms with Gasteiger partial charge in [0.2, 0.25) is 5.91 Å². The van der Waals surface area contributed by atoms with E-state index in [1.165, 1.54) is 0 Å². The van der Waals surface area contributed by atoms with E-state index in [1.807, 2.05) is 36.4 Å². The smallest absolute Gasteiger partial charge is 0.249 e. The summed E-state index contributed by atoms with van der Waals surface area (Å²) >= 11 is 0. The Hall–Kier alpha value is -2.46. The van der Waals surface area contributed by atoms with E-state index in [4.69, 9.17) is 5.73 Å². The molecule has 1 heterocycles. The van der Waals surface area contributed by atoms with Crippen LogP contribution in [-0.2, 0) is 6.42 Å². The molecule has 0 radical (unpaired) electrons. The maximum absolute atomic E-state index is 12.8. The van der Waals surface area contributed by atoms with Crippen molar-refractivity contribution in [3.63, 3.8) is 0 Å². The van der Waals surface area contributed by atoms with Crippen molar-refractivity contribution in [1.82, 2.24) is 5.32 Å². The van der Waals surface area contributed by atoms with Gasteiger partial charge < -0.3 is 11.1 Å². The Morgan fingerprint density at radius 2 is 1.79 bits per heavy atom. The number of primary amides is 1. The van der Waals surface area contributed by atoms with E-state index in [2.05, 4.69) is 5.32 Å². The molecule has 0 saturated carbocycles. The average Bonchev–Trinajstić information content (AvgIpc) is 3.14. The summed E-state index contributed by atoms with van der Waals surface area (Å²) in [5.41, 5.74) is 8.64. The molecular formula is C20H22N2O2. The molecule has 0 aliphatic carbocycles. The second kappa shape index (κ2) is 7.41. The molecule has 24 heavy (non-hydrogen) atoms. The number of Topliss-reactive ketones (excluding diaryl/α,β-unsaturated/α-hetero) is 1. The van der Waals surface area contributed by atoms with Crippen molar-refractivity contribution in [3.8, 4) is 0 Å². The molecule has 1 aliphatic heterocycles. The maximum Gasteiger partial charge on any atom is 0.249 e. The van der Waals surface area contributed by atoms with Crippen molar-refractivity contribution in [1.29, 1.82) is 0 Å². The zero-order chi connectivity index (χ0) is 16.9. The number of carbonyl (C=O) groups excluding carboxylic acids is 2. The van der Waals surface area contributed by atoms with Crippen molar-refractivity contribution in [2.75, 3.05) is 13.1 Å². The van der Waals surface area contributed by atoms with Crippen LogP contribution in [0.4, 0.5) is 0 Å². The SMILES string of the molecule is NC(=O)c1cccc(C(=O)CCc2ccccc2)c1C1CCNC1. The number of aryl methyl sites for hydroxylation is 1. The number of hydrogen-bond donors (Lipinski definition) is 2. The van der Waals surface area contributed by atoms with Gasteiger partial charge in [0, 0.05) is 24.1 Å². The minimum Gasteiger partial charge on any atom is -0.366 e. The quantitative estimate of drug-likeness (QED) is 0.803. The highest BCUT2D eigenvalue weighted by Gasteiger charge is 2.26. The molecule has 1 amide bonds. The van der Waals surface area contributed by atoms with Gasteiger partial charge in [-0.3, -0.25) is 9.59 Å². The Morgan fingerprint density at radius 3 is 2.46 bits per heavy atom. The second-order valence-corrected chi connectivity index (χ2v) is 6.23. The Morgan fingerprint density at radius 1 is 1.04 bits per heavy atom. The molecule has 1 aliphatic rings. The van der Waals surface area contributed by atoms with Gasteiger partial charge in [-0.05, 0) is 42.5 Å². The first-order valence-electron chi connectivity index (χ1n) is 8.37. The summed E-state index contributed by atoms with van der Waals surface area (Å²) in [5.74, 6) is -0.220. The van der Waals surface area contributed by atoms with Crippen LogP contribution < -0.4 is 11.1 Å². The summed E-state index contributed by atoms with van der Waals surface area (Å²) in [4.78, 5) is 24.6. The summed E-state index contributed by atoms with van der Waals surface area (Å²) in [6.07, 6.45) is 2.05. The highest BCUT2D eigenvalue weighted by Crippen LogP contribution is 2.30. The minimum absolute atomic E-state index is 0.0730. The third-order valence-electron chi connectivity index (χ3n) is 4.62. The van der Waals surface area contributed by atoms with E-state index in [-0.39, 0.29) is 11.7 Å². The van der Waals surface area contributed by atoms with Gasteiger partial charge in [0.1, 0.15) is 0 Å². The molecule has 3 rings (SSSR count). The van der Waals surface area contributed by atoms with Crippen LogP contribution >= 0.6 is 0 Å². The van der Waals surface area contributed by atoms with Crippen LogP contribution in [0.1, 0.15) is 50.6 Å². The number of amides is 1. The Bertz CT molecular complexity index is 735. The number of carbonyl (C=O) groups is 2. The molecule has 2 aromatic rings. The highest BCUT2D eigenvalue weighted by molar-refractivity contribution is 6.03. The first-order chi connectivity index (χ1) is 11.7. The third-order valence-corrected chi connectivity index (χ3v) is 4.62. The molecule has 4 nitrogen and oxygen atoms in total. The third kappa shape index (κ3) is 3.54. The predicted molar refractivity (Wildman–Crippen MR) is 94.3 cm³/mol. The average molecular weight is 322 g/mol. The van der Waals surface area contributed by atoms with Gasteiger partial charge in [-0.25, -0.2) is 0 Å². The second-order valence-electron chi connectivity index (χ2n) is 6.23. The molecule has 0 bridgehead atoms. The predicted octanol–water partition coefficient (Wildman–Crippen LogP) is 2.68. The lowest BCUT2D eigenvalue weighted by Crippen LogP contribution is -2.20. The van der Waals surface area contributed by atoms with Crippen molar-refractivity contribution in [3.05, 3.63) is 70.8 Å². The van der Waals surface area contributed by atoms with Crippen LogP contribution in [0.3, 0.4) is 0 Å². The largest absolute Gasteiger partial charge is 0.366 e. The van der Waals surface area contributed by atoms with Crippen molar-refractivity contribution in [2.45, 2.75) is 25.2 Å². The van der Waals surface area contributed by atoms with Crippen LogP contribution in [-0.4, -0.2) is 24.8 Å². The van der Waals surface area contributed by atoms with Crippen molar-refractivity contribution < 1.29 is 9.59 Å². The zero-order valence-corrected chi connectivity index (χ0v) is 13.6. The Balaban J connectivity index is 1.87. The lowest BCUT2D eigenvalue weighted by Gasteiger charge is -2.17. The van der Waals surface area contributed by atoms with E-state index in [0.717, 1.165) is 30.6 Å². The van der Waals surface area contributed by atoms with Gasteiger partial charge in [0.05, 0.1) is 0 Å². The molecule has 124 valence electrons. The first-order valence-corrected chi connectivity index (χ1v) is 8.37. The van der Waals surface area contributed by atoms with Crippen LogP contribution in [0.2, 0.25) is 0 Å². The van der Waals surface area contributed by atoms with Gasteiger partial charge in [0.25, 0.3) is 0 Å². The number of benzene rings is 2. The van der Waals surface area contributed by atoms with Crippen LogP contribution in [0, 0.1) is 0 Å². The lowest BCUT2D eigenvalue weighted by molar-refractivity contribution is 0.0981. The number of hydrogen-bond acceptors (Lipinski definition) is 3. The minimum atomic E-state index is -0.463. The van der Waals surface area contributed by atoms with Crippen molar-refractivity contribution in [2.24, 2.45) is 5.73 Å². The van der Waals surface area contributed by atoms with Crippen LogP contribution in [0.5, 0.6) is 0 Å². The maximum atomic E-state index is 12.8. The van der Waals surface area contributed by atoms with Crippen LogP contribution in [0.25, 0.3) is 0 Å². The number of rotatable bonds is 6. The van der Waals surface area contributed by atoms with E-state index in [9.17, 15) is 9.59 Å². The van der Waals surface area contributed by atoms with E-state index < -0.39 is 5.91 Å². The highest BCUT2D eigenvalue weighted by atomic mass is 16.1. The fraction of sp³-hybridized carbons (Fsp3) is 0.300. The molecular weight excluding hydrogens is 300 g/mol. The summed E-state index contributed by atoms with van der Waals surface area (Å²) in [5, 5.41) is 3.30. The number of ketones is 1. The molecule has 2 aromatic carbocycles. The molecule has 1 fully saturated rings. The Kier molecular flexibility index (Phi) is 5.06. The molecule has 1 unspecified atom stereocenters. The van der Waals surface area contributed by atoms with E-state index in [0.29, 0.717) is 24.0 Å². The van der Waals surface area contributed by atoms with Gasteiger partial charge in [-0.2, -0.15) is 0 Å². The molecule has 0 spiro atoms. The fourth-order valence-electron chi connectivity index (χ4n) is 3.40. The van der Waals surface area contributed by atoms with E-state index >= 15 is 0 Å². The fourth-order valence-corrected chi connectivity index (χ4v) is 3.40. The summed E-state index contributed by atoms with van der Waals surface area (Å²) in [7, 11) is 0. The molecule has 1 atom stereocenters. The molecule has 1 saturated heterocycles. The first kappa shape index (κ1) is 16.4. The molecule has 4 heteroatoms.